The number of hydrogen-bond donors (Lipinski definition) is 2. The molecule has 1 spiro atoms. The average molecular weight is 406 g/mol. The largest absolute Gasteiger partial charge is 0.480 e. The number of aliphatic carboxylic acids is 1. The lowest BCUT2D eigenvalue weighted by Gasteiger charge is -2.36. The molecule has 2 aromatic rings. The van der Waals surface area contributed by atoms with Crippen molar-refractivity contribution < 1.29 is 24.3 Å². The van der Waals surface area contributed by atoms with Gasteiger partial charge in [-0.05, 0) is 29.5 Å². The number of ketones is 1. The van der Waals surface area contributed by atoms with Crippen molar-refractivity contribution in [3.63, 3.8) is 0 Å². The van der Waals surface area contributed by atoms with Crippen LogP contribution in [0, 0.1) is 11.3 Å². The molecule has 1 saturated carbocycles. The van der Waals surface area contributed by atoms with Gasteiger partial charge in [0.15, 0.2) is 11.7 Å². The Balaban J connectivity index is 1.51. The first-order valence-electron chi connectivity index (χ1n) is 9.87. The third-order valence-electron chi connectivity index (χ3n) is 5.80. The van der Waals surface area contributed by atoms with Gasteiger partial charge in [0.05, 0.1) is 0 Å². The second-order valence-electron chi connectivity index (χ2n) is 7.95. The SMILES string of the molecule is O=C(O)CNC(=O)C1C(=O)N(Cc2ccc(-c3ccccc3)cc2)CC2(CC2)C1=O. The van der Waals surface area contributed by atoms with Crippen LogP contribution in [-0.2, 0) is 25.7 Å². The van der Waals surface area contributed by atoms with Gasteiger partial charge in [-0.2, -0.15) is 0 Å². The summed E-state index contributed by atoms with van der Waals surface area (Å²) in [4.78, 5) is 50.4. The Morgan fingerprint density at radius 3 is 2.23 bits per heavy atom. The zero-order valence-corrected chi connectivity index (χ0v) is 16.3. The van der Waals surface area contributed by atoms with E-state index in [1.54, 1.807) is 4.90 Å². The van der Waals surface area contributed by atoms with Gasteiger partial charge in [0.25, 0.3) is 0 Å². The molecule has 1 atom stereocenters. The monoisotopic (exact) mass is 406 g/mol. The van der Waals surface area contributed by atoms with Gasteiger partial charge in [0.2, 0.25) is 11.8 Å². The highest BCUT2D eigenvalue weighted by Crippen LogP contribution is 2.51. The molecule has 2 aromatic carbocycles. The van der Waals surface area contributed by atoms with Crippen LogP contribution in [0.5, 0.6) is 0 Å². The molecule has 0 bridgehead atoms. The van der Waals surface area contributed by atoms with Crippen LogP contribution >= 0.6 is 0 Å². The lowest BCUT2D eigenvalue weighted by molar-refractivity contribution is -0.156. The highest BCUT2D eigenvalue weighted by Gasteiger charge is 2.60. The molecule has 1 heterocycles. The number of carboxylic acid groups (broad SMARTS) is 1. The summed E-state index contributed by atoms with van der Waals surface area (Å²) < 4.78 is 0. The van der Waals surface area contributed by atoms with Crippen molar-refractivity contribution in [3.05, 3.63) is 60.2 Å². The van der Waals surface area contributed by atoms with Crippen molar-refractivity contribution in [1.82, 2.24) is 10.2 Å². The van der Waals surface area contributed by atoms with Crippen LogP contribution in [0.3, 0.4) is 0 Å². The third kappa shape index (κ3) is 3.83. The molecule has 0 radical (unpaired) electrons. The summed E-state index contributed by atoms with van der Waals surface area (Å²) >= 11 is 0. The molecule has 2 amide bonds. The van der Waals surface area contributed by atoms with Crippen LogP contribution in [0.15, 0.2) is 54.6 Å². The average Bonchev–Trinajstić information content (AvgIpc) is 3.52. The molecule has 0 aromatic heterocycles. The van der Waals surface area contributed by atoms with E-state index < -0.39 is 35.7 Å². The molecule has 154 valence electrons. The maximum atomic E-state index is 12.9. The summed E-state index contributed by atoms with van der Waals surface area (Å²) in [6.45, 7) is -0.0245. The summed E-state index contributed by atoms with van der Waals surface area (Å²) in [5.41, 5.74) is 2.39. The number of benzene rings is 2. The van der Waals surface area contributed by atoms with E-state index >= 15 is 0 Å². The number of nitrogens with zero attached hydrogens (tertiary/aromatic N) is 1. The predicted molar refractivity (Wildman–Crippen MR) is 108 cm³/mol. The van der Waals surface area contributed by atoms with Crippen LogP contribution < -0.4 is 5.32 Å². The number of likely N-dealkylation sites (tertiary alicyclic amines) is 1. The Hall–Kier alpha value is -3.48. The number of carbonyl (C=O) groups is 4. The van der Waals surface area contributed by atoms with E-state index in [0.717, 1.165) is 16.7 Å². The minimum atomic E-state index is -1.47. The quantitative estimate of drug-likeness (QED) is 0.713. The van der Waals surface area contributed by atoms with E-state index in [0.29, 0.717) is 25.9 Å². The van der Waals surface area contributed by atoms with E-state index in [9.17, 15) is 19.2 Å². The topological polar surface area (TPSA) is 104 Å². The standard InChI is InChI=1S/C23H22N2O5/c26-18(27)12-24-21(29)19-20(28)23(10-11-23)14-25(22(19)30)13-15-6-8-17(9-7-15)16-4-2-1-3-5-16/h1-9,19H,10-14H2,(H,24,29)(H,26,27). The van der Waals surface area contributed by atoms with E-state index in [-0.39, 0.29) is 5.78 Å². The first-order chi connectivity index (χ1) is 14.4. The molecule has 30 heavy (non-hydrogen) atoms. The summed E-state index contributed by atoms with van der Waals surface area (Å²) in [5, 5.41) is 10.9. The Labute approximate surface area is 173 Å². The normalized spacial score (nSPS) is 19.6. The first kappa shape index (κ1) is 19.8. The number of rotatable bonds is 6. The van der Waals surface area contributed by atoms with Crippen molar-refractivity contribution in [2.75, 3.05) is 13.1 Å². The zero-order valence-electron chi connectivity index (χ0n) is 16.3. The van der Waals surface area contributed by atoms with Crippen LogP contribution in [0.2, 0.25) is 0 Å². The Bertz CT molecular complexity index is 996. The maximum absolute atomic E-state index is 12.9. The number of carboxylic acids is 1. The van der Waals surface area contributed by atoms with Crippen LogP contribution in [0.1, 0.15) is 18.4 Å². The smallest absolute Gasteiger partial charge is 0.322 e. The lowest BCUT2D eigenvalue weighted by Crippen LogP contribution is -2.56. The fraction of sp³-hybridized carbons (Fsp3) is 0.304. The Morgan fingerprint density at radius 1 is 1.00 bits per heavy atom. The maximum Gasteiger partial charge on any atom is 0.322 e. The van der Waals surface area contributed by atoms with E-state index in [1.807, 2.05) is 54.6 Å². The highest BCUT2D eigenvalue weighted by atomic mass is 16.4. The number of piperidine rings is 1. The van der Waals surface area contributed by atoms with Gasteiger partial charge in [-0.1, -0.05) is 54.6 Å². The molecule has 1 aliphatic carbocycles. The van der Waals surface area contributed by atoms with Crippen molar-refractivity contribution in [2.24, 2.45) is 11.3 Å². The van der Waals surface area contributed by atoms with Crippen LogP contribution in [0.4, 0.5) is 0 Å². The van der Waals surface area contributed by atoms with Crippen LogP contribution in [0.25, 0.3) is 11.1 Å². The number of amides is 2. The molecule has 4 rings (SSSR count). The molecule has 1 saturated heterocycles. The van der Waals surface area contributed by atoms with Crippen molar-refractivity contribution in [3.8, 4) is 11.1 Å². The molecule has 2 fully saturated rings. The zero-order chi connectivity index (χ0) is 21.3. The first-order valence-corrected chi connectivity index (χ1v) is 9.87. The number of nitrogens with one attached hydrogen (secondary N) is 1. The van der Waals surface area contributed by atoms with Gasteiger partial charge < -0.3 is 15.3 Å². The molecule has 2 aliphatic rings. The Morgan fingerprint density at radius 2 is 1.63 bits per heavy atom. The van der Waals surface area contributed by atoms with E-state index in [4.69, 9.17) is 5.11 Å². The van der Waals surface area contributed by atoms with E-state index in [2.05, 4.69) is 5.32 Å². The van der Waals surface area contributed by atoms with Gasteiger partial charge >= 0.3 is 5.97 Å². The predicted octanol–water partition coefficient (Wildman–Crippen LogP) is 1.86. The Kier molecular flexibility index (Phi) is 5.11. The fourth-order valence-electron chi connectivity index (χ4n) is 3.96. The van der Waals surface area contributed by atoms with E-state index in [1.165, 1.54) is 0 Å². The van der Waals surface area contributed by atoms with Gasteiger partial charge in [0.1, 0.15) is 6.54 Å². The second-order valence-corrected chi connectivity index (χ2v) is 7.95. The highest BCUT2D eigenvalue weighted by molar-refractivity contribution is 6.21. The van der Waals surface area contributed by atoms with Gasteiger partial charge in [-0.25, -0.2) is 0 Å². The summed E-state index contributed by atoms with van der Waals surface area (Å²) in [5.74, 6) is -4.47. The van der Waals surface area contributed by atoms with Gasteiger partial charge in [0, 0.05) is 18.5 Å². The number of carbonyl (C=O) groups excluding carboxylic acids is 3. The number of hydrogen-bond acceptors (Lipinski definition) is 4. The minimum absolute atomic E-state index is 0.297. The van der Waals surface area contributed by atoms with Gasteiger partial charge in [-0.3, -0.25) is 19.2 Å². The molecule has 1 unspecified atom stereocenters. The summed E-state index contributed by atoms with van der Waals surface area (Å²) in [7, 11) is 0. The third-order valence-corrected chi connectivity index (χ3v) is 5.80. The molecule has 2 N–H and O–H groups in total. The lowest BCUT2D eigenvalue weighted by atomic mass is 9.83. The van der Waals surface area contributed by atoms with Crippen molar-refractivity contribution in [2.45, 2.75) is 19.4 Å². The minimum Gasteiger partial charge on any atom is -0.480 e. The molecular weight excluding hydrogens is 384 g/mol. The van der Waals surface area contributed by atoms with Crippen LogP contribution in [-0.4, -0.2) is 46.7 Å². The molecule has 7 heteroatoms. The van der Waals surface area contributed by atoms with Crippen molar-refractivity contribution >= 4 is 23.6 Å². The number of Topliss-reactive ketones (excluding diaryl/α,β-unsaturated/α-hetero) is 1. The molecule has 7 nitrogen and oxygen atoms in total. The fourth-order valence-corrected chi connectivity index (χ4v) is 3.96. The summed E-state index contributed by atoms with van der Waals surface area (Å²) in [6.07, 6.45) is 1.29. The molecule has 1 aliphatic heterocycles. The second kappa shape index (κ2) is 7.74. The van der Waals surface area contributed by atoms with Crippen molar-refractivity contribution in [1.29, 1.82) is 0 Å². The molecular formula is C23H22N2O5. The van der Waals surface area contributed by atoms with Gasteiger partial charge in [-0.15, -0.1) is 0 Å². The summed E-state index contributed by atoms with van der Waals surface area (Å²) in [6, 6.07) is 17.8.